The van der Waals surface area contributed by atoms with E-state index in [-0.39, 0.29) is 18.3 Å². The highest BCUT2D eigenvalue weighted by Gasteiger charge is 2.18. The molecule has 0 aliphatic heterocycles. The topological polar surface area (TPSA) is 70.2 Å². The molecule has 0 heterocycles. The summed E-state index contributed by atoms with van der Waals surface area (Å²) in [6, 6.07) is 7.21. The van der Waals surface area contributed by atoms with Gasteiger partial charge in [0, 0.05) is 28.7 Å². The highest BCUT2D eigenvalue weighted by Crippen LogP contribution is 2.25. The molecule has 6 heteroatoms. The van der Waals surface area contributed by atoms with Crippen LogP contribution in [0.4, 0.5) is 5.69 Å². The molecule has 1 aromatic carbocycles. The number of rotatable bonds is 5. The molecule has 0 N–H and O–H groups in total. The molecule has 0 aliphatic carbocycles. The molecular weight excluding hydrogens is 298 g/mol. The van der Waals surface area contributed by atoms with Crippen LogP contribution in [0.2, 0.25) is 0 Å². The number of hydrogen-bond donors (Lipinski definition) is 0. The highest BCUT2D eigenvalue weighted by atomic mass is 79.9. The zero-order valence-electron chi connectivity index (χ0n) is 10.3. The Labute approximate surface area is 114 Å². The number of nitrogens with zero attached hydrogens (tertiary/aromatic N) is 3. The Hall–Kier alpha value is -1.45. The van der Waals surface area contributed by atoms with Crippen LogP contribution in [0.5, 0.6) is 0 Å². The monoisotopic (exact) mass is 311 g/mol. The summed E-state index contributed by atoms with van der Waals surface area (Å²) in [7, 11) is 0. The summed E-state index contributed by atoms with van der Waals surface area (Å²) in [6.07, 6.45) is 0. The average Bonchev–Trinajstić information content (AvgIpc) is 2.30. The van der Waals surface area contributed by atoms with Gasteiger partial charge in [0.05, 0.1) is 17.5 Å². The predicted molar refractivity (Wildman–Crippen MR) is 72.0 cm³/mol. The number of hydrogen-bond acceptors (Lipinski definition) is 4. The van der Waals surface area contributed by atoms with E-state index in [1.165, 1.54) is 6.07 Å². The van der Waals surface area contributed by atoms with Crippen LogP contribution in [0.1, 0.15) is 19.4 Å². The lowest BCUT2D eigenvalue weighted by molar-refractivity contribution is -0.385. The van der Waals surface area contributed by atoms with Crippen molar-refractivity contribution in [2.45, 2.75) is 26.4 Å². The number of nitro benzene ring substituents is 1. The number of halogens is 1. The van der Waals surface area contributed by atoms with Gasteiger partial charge in [-0.25, -0.2) is 0 Å². The van der Waals surface area contributed by atoms with Crippen molar-refractivity contribution in [2.75, 3.05) is 6.54 Å². The molecule has 0 fully saturated rings. The maximum absolute atomic E-state index is 11.0. The van der Waals surface area contributed by atoms with Gasteiger partial charge in [-0.1, -0.05) is 15.9 Å². The second-order valence-corrected chi connectivity index (χ2v) is 5.10. The second-order valence-electron chi connectivity index (χ2n) is 4.19. The first-order valence-corrected chi connectivity index (χ1v) is 6.28. The van der Waals surface area contributed by atoms with Crippen molar-refractivity contribution < 1.29 is 4.92 Å². The van der Waals surface area contributed by atoms with Crippen LogP contribution in [0, 0.1) is 21.4 Å². The first-order valence-electron chi connectivity index (χ1n) is 5.49. The smallest absolute Gasteiger partial charge is 0.275 e. The van der Waals surface area contributed by atoms with Crippen LogP contribution in [-0.4, -0.2) is 22.4 Å². The lowest BCUT2D eigenvalue weighted by atomic mass is 10.1. The van der Waals surface area contributed by atoms with Gasteiger partial charge in [0.1, 0.15) is 0 Å². The van der Waals surface area contributed by atoms with Gasteiger partial charge in [-0.05, 0) is 26.0 Å². The molecule has 0 aromatic heterocycles. The van der Waals surface area contributed by atoms with E-state index in [9.17, 15) is 10.1 Å². The summed E-state index contributed by atoms with van der Waals surface area (Å²) in [4.78, 5) is 12.5. The van der Waals surface area contributed by atoms with Crippen LogP contribution in [0.3, 0.4) is 0 Å². The third-order valence-electron chi connectivity index (χ3n) is 2.62. The maximum Gasteiger partial charge on any atom is 0.275 e. The normalized spacial score (nSPS) is 10.7. The Kier molecular flexibility index (Phi) is 5.25. The quantitative estimate of drug-likeness (QED) is 0.476. The van der Waals surface area contributed by atoms with E-state index in [2.05, 4.69) is 22.0 Å². The van der Waals surface area contributed by atoms with Gasteiger partial charge in [0.25, 0.3) is 5.69 Å². The minimum absolute atomic E-state index is 0.0768. The Balaban J connectivity index is 3.02. The predicted octanol–water partition coefficient (Wildman–Crippen LogP) is 3.09. The van der Waals surface area contributed by atoms with Crippen LogP contribution in [-0.2, 0) is 6.54 Å². The van der Waals surface area contributed by atoms with Gasteiger partial charge in [0.15, 0.2) is 0 Å². The van der Waals surface area contributed by atoms with Gasteiger partial charge < -0.3 is 0 Å². The van der Waals surface area contributed by atoms with Crippen molar-refractivity contribution in [2.24, 2.45) is 0 Å². The third kappa shape index (κ3) is 3.79. The standard InChI is InChI=1S/C12H14BrN3O2/c1-9(2)15(6-5-14)8-10-3-4-11(13)7-12(10)16(17)18/h3-4,7,9H,6,8H2,1-2H3. The van der Waals surface area contributed by atoms with Gasteiger partial charge in [-0.3, -0.25) is 15.0 Å². The molecule has 0 unspecified atom stereocenters. The van der Waals surface area contributed by atoms with Crippen LogP contribution >= 0.6 is 15.9 Å². The van der Waals surface area contributed by atoms with E-state index in [0.29, 0.717) is 16.6 Å². The molecule has 0 amide bonds. The first kappa shape index (κ1) is 14.6. The number of nitriles is 1. The van der Waals surface area contributed by atoms with E-state index >= 15 is 0 Å². The molecule has 5 nitrogen and oxygen atoms in total. The van der Waals surface area contributed by atoms with E-state index in [4.69, 9.17) is 5.26 Å². The van der Waals surface area contributed by atoms with Gasteiger partial charge in [-0.15, -0.1) is 0 Å². The van der Waals surface area contributed by atoms with Crippen LogP contribution in [0.15, 0.2) is 22.7 Å². The Bertz CT molecular complexity index is 483. The Morgan fingerprint density at radius 1 is 1.56 bits per heavy atom. The van der Waals surface area contributed by atoms with Crippen LogP contribution < -0.4 is 0 Å². The molecule has 0 atom stereocenters. The maximum atomic E-state index is 11.0. The molecule has 0 aliphatic rings. The molecule has 1 rings (SSSR count). The fraction of sp³-hybridized carbons (Fsp3) is 0.417. The fourth-order valence-corrected chi connectivity index (χ4v) is 1.92. The summed E-state index contributed by atoms with van der Waals surface area (Å²) in [6.45, 7) is 4.57. The average molecular weight is 312 g/mol. The third-order valence-corrected chi connectivity index (χ3v) is 3.11. The molecule has 0 spiro atoms. The summed E-state index contributed by atoms with van der Waals surface area (Å²) < 4.78 is 0.675. The van der Waals surface area contributed by atoms with Crippen molar-refractivity contribution in [3.8, 4) is 6.07 Å². The molecule has 0 bridgehead atoms. The molecule has 0 saturated carbocycles. The SMILES string of the molecule is CC(C)N(CC#N)Cc1ccc(Br)cc1[N+](=O)[O-]. The molecule has 0 saturated heterocycles. The first-order chi connectivity index (χ1) is 8.45. The van der Waals surface area contributed by atoms with Crippen molar-refractivity contribution in [3.63, 3.8) is 0 Å². The fourth-order valence-electron chi connectivity index (χ4n) is 1.57. The molecule has 18 heavy (non-hydrogen) atoms. The summed E-state index contributed by atoms with van der Waals surface area (Å²) in [5, 5.41) is 19.7. The Morgan fingerprint density at radius 2 is 2.22 bits per heavy atom. The van der Waals surface area contributed by atoms with E-state index < -0.39 is 4.92 Å². The van der Waals surface area contributed by atoms with Crippen LogP contribution in [0.25, 0.3) is 0 Å². The Morgan fingerprint density at radius 3 is 2.72 bits per heavy atom. The second kappa shape index (κ2) is 6.47. The number of nitro groups is 1. The molecular formula is C12H14BrN3O2. The van der Waals surface area contributed by atoms with Crippen molar-refractivity contribution in [3.05, 3.63) is 38.3 Å². The van der Waals surface area contributed by atoms with E-state index in [0.717, 1.165) is 0 Å². The minimum atomic E-state index is -0.398. The largest absolute Gasteiger partial charge is 0.284 e. The summed E-state index contributed by atoms with van der Waals surface area (Å²) in [5.74, 6) is 0. The lowest BCUT2D eigenvalue weighted by Crippen LogP contribution is -2.30. The summed E-state index contributed by atoms with van der Waals surface area (Å²) in [5.41, 5.74) is 0.695. The molecule has 0 radical (unpaired) electrons. The van der Waals surface area contributed by atoms with E-state index in [1.807, 2.05) is 18.7 Å². The highest BCUT2D eigenvalue weighted by molar-refractivity contribution is 9.10. The zero-order valence-corrected chi connectivity index (χ0v) is 11.8. The minimum Gasteiger partial charge on any atom is -0.284 e. The van der Waals surface area contributed by atoms with E-state index in [1.54, 1.807) is 12.1 Å². The van der Waals surface area contributed by atoms with Gasteiger partial charge in [0.2, 0.25) is 0 Å². The lowest BCUT2D eigenvalue weighted by Gasteiger charge is -2.23. The van der Waals surface area contributed by atoms with Crippen molar-refractivity contribution in [1.82, 2.24) is 4.90 Å². The molecule has 1 aromatic rings. The van der Waals surface area contributed by atoms with Gasteiger partial charge in [-0.2, -0.15) is 5.26 Å². The molecule has 96 valence electrons. The van der Waals surface area contributed by atoms with Crippen molar-refractivity contribution in [1.29, 1.82) is 5.26 Å². The summed E-state index contributed by atoms with van der Waals surface area (Å²) >= 11 is 3.22. The zero-order chi connectivity index (χ0) is 13.7. The van der Waals surface area contributed by atoms with Crippen molar-refractivity contribution >= 4 is 21.6 Å². The number of benzene rings is 1. The van der Waals surface area contributed by atoms with Gasteiger partial charge >= 0.3 is 0 Å².